The molecule has 1 aromatic carbocycles. The predicted octanol–water partition coefficient (Wildman–Crippen LogP) is 0.325. The third-order valence-corrected chi connectivity index (χ3v) is 3.96. The van der Waals surface area contributed by atoms with Crippen molar-refractivity contribution in [2.45, 2.75) is 31.1 Å². The van der Waals surface area contributed by atoms with Crippen molar-refractivity contribution in [1.82, 2.24) is 21.5 Å². The summed E-state index contributed by atoms with van der Waals surface area (Å²) in [5.41, 5.74) is 6.39. The zero-order chi connectivity index (χ0) is 16.2. The number of hydrazine groups is 1. The highest BCUT2D eigenvalue weighted by Crippen LogP contribution is 2.23. The van der Waals surface area contributed by atoms with Crippen molar-refractivity contribution in [2.24, 2.45) is 0 Å². The van der Waals surface area contributed by atoms with Crippen LogP contribution in [-0.2, 0) is 9.53 Å². The Labute approximate surface area is 132 Å². The van der Waals surface area contributed by atoms with E-state index in [-0.39, 0.29) is 24.2 Å². The number of nitrogens with one attached hydrogen (secondary N) is 4. The Balaban J connectivity index is 1.50. The largest absolute Gasteiger partial charge is 0.378 e. The second-order valence-electron chi connectivity index (χ2n) is 5.83. The molecule has 2 aliphatic heterocycles. The van der Waals surface area contributed by atoms with Crippen LogP contribution < -0.4 is 21.5 Å². The summed E-state index contributed by atoms with van der Waals surface area (Å²) in [7, 11) is 0. The maximum Gasteiger partial charge on any atom is 0.222 e. The van der Waals surface area contributed by atoms with Gasteiger partial charge < -0.3 is 15.4 Å². The summed E-state index contributed by atoms with van der Waals surface area (Å²) in [6, 6.07) is 3.17. The maximum atomic E-state index is 13.3. The van der Waals surface area contributed by atoms with E-state index in [0.717, 1.165) is 12.6 Å². The van der Waals surface area contributed by atoms with Gasteiger partial charge in [0.15, 0.2) is 0 Å². The van der Waals surface area contributed by atoms with Crippen molar-refractivity contribution in [2.75, 3.05) is 19.8 Å². The van der Waals surface area contributed by atoms with Crippen molar-refractivity contribution in [3.8, 4) is 0 Å². The standard InChI is InChI=1S/C15H20F2N4O2/c16-10-3-9(4-11(17)5-10)13-7-14(21-20-13)19-15(22)6-12-8-23-2-1-18-12/h3-5,12-14,18,20-21H,1-2,6-8H2,(H,19,22). The average Bonchev–Trinajstić information content (AvgIpc) is 2.95. The van der Waals surface area contributed by atoms with Crippen LogP contribution in [0.3, 0.4) is 0 Å². The summed E-state index contributed by atoms with van der Waals surface area (Å²) in [5, 5.41) is 6.08. The van der Waals surface area contributed by atoms with Gasteiger partial charge in [-0.2, -0.15) is 0 Å². The number of benzene rings is 1. The minimum Gasteiger partial charge on any atom is -0.378 e. The molecular formula is C15H20F2N4O2. The summed E-state index contributed by atoms with van der Waals surface area (Å²) < 4.78 is 31.9. The first-order valence-electron chi connectivity index (χ1n) is 7.67. The maximum absolute atomic E-state index is 13.3. The molecule has 0 saturated carbocycles. The number of hydrogen-bond donors (Lipinski definition) is 4. The van der Waals surface area contributed by atoms with Gasteiger partial charge in [-0.05, 0) is 17.7 Å². The van der Waals surface area contributed by atoms with Crippen molar-refractivity contribution in [3.63, 3.8) is 0 Å². The first-order chi connectivity index (χ1) is 11.1. The Morgan fingerprint density at radius 3 is 2.74 bits per heavy atom. The fourth-order valence-electron chi connectivity index (χ4n) is 2.87. The van der Waals surface area contributed by atoms with E-state index >= 15 is 0 Å². The normalized spacial score (nSPS) is 27.8. The van der Waals surface area contributed by atoms with Crippen molar-refractivity contribution < 1.29 is 18.3 Å². The Morgan fingerprint density at radius 1 is 1.26 bits per heavy atom. The van der Waals surface area contributed by atoms with Gasteiger partial charge in [-0.3, -0.25) is 4.79 Å². The molecule has 1 amide bonds. The number of carbonyl (C=O) groups excluding carboxylic acids is 1. The summed E-state index contributed by atoms with van der Waals surface area (Å²) in [6.45, 7) is 1.93. The number of halogens is 2. The molecule has 0 bridgehead atoms. The van der Waals surface area contributed by atoms with Crippen molar-refractivity contribution in [1.29, 1.82) is 0 Å². The van der Waals surface area contributed by atoms with Gasteiger partial charge >= 0.3 is 0 Å². The van der Waals surface area contributed by atoms with Gasteiger partial charge in [0, 0.05) is 37.5 Å². The van der Waals surface area contributed by atoms with Crippen LogP contribution in [0.5, 0.6) is 0 Å². The first-order valence-corrected chi connectivity index (χ1v) is 7.67. The van der Waals surface area contributed by atoms with Crippen LogP contribution in [0.25, 0.3) is 0 Å². The van der Waals surface area contributed by atoms with Crippen LogP contribution in [0.15, 0.2) is 18.2 Å². The molecule has 1 aromatic rings. The fourth-order valence-corrected chi connectivity index (χ4v) is 2.87. The zero-order valence-electron chi connectivity index (χ0n) is 12.6. The number of morpholine rings is 1. The summed E-state index contributed by atoms with van der Waals surface area (Å²) in [5.74, 6) is -1.33. The van der Waals surface area contributed by atoms with Crippen LogP contribution in [-0.4, -0.2) is 37.9 Å². The van der Waals surface area contributed by atoms with E-state index in [1.54, 1.807) is 0 Å². The number of ether oxygens (including phenoxy) is 1. The molecule has 23 heavy (non-hydrogen) atoms. The fraction of sp³-hybridized carbons (Fsp3) is 0.533. The molecule has 3 atom stereocenters. The van der Waals surface area contributed by atoms with Gasteiger partial charge in [0.1, 0.15) is 11.6 Å². The molecule has 0 aromatic heterocycles. The molecule has 2 fully saturated rings. The lowest BCUT2D eigenvalue weighted by molar-refractivity contribution is -0.123. The SMILES string of the molecule is O=C(CC1COCCN1)NC1CC(c2cc(F)cc(F)c2)NN1. The third-order valence-electron chi connectivity index (χ3n) is 3.96. The van der Waals surface area contributed by atoms with E-state index < -0.39 is 11.6 Å². The monoisotopic (exact) mass is 326 g/mol. The molecular weight excluding hydrogens is 306 g/mol. The molecule has 0 spiro atoms. The Bertz CT molecular complexity index is 546. The molecule has 3 unspecified atom stereocenters. The number of carbonyl (C=O) groups is 1. The topological polar surface area (TPSA) is 74.4 Å². The molecule has 2 heterocycles. The summed E-state index contributed by atoms with van der Waals surface area (Å²) in [4.78, 5) is 12.0. The molecule has 0 aliphatic carbocycles. The first kappa shape index (κ1) is 16.3. The van der Waals surface area contributed by atoms with Gasteiger partial charge in [0.25, 0.3) is 0 Å². The van der Waals surface area contributed by atoms with Crippen LogP contribution in [0.2, 0.25) is 0 Å². The molecule has 8 heteroatoms. The molecule has 0 radical (unpaired) electrons. The van der Waals surface area contributed by atoms with Crippen molar-refractivity contribution in [3.05, 3.63) is 35.4 Å². The van der Waals surface area contributed by atoms with E-state index in [0.29, 0.717) is 31.6 Å². The molecule has 2 aliphatic rings. The Morgan fingerprint density at radius 2 is 2.04 bits per heavy atom. The third kappa shape index (κ3) is 4.44. The average molecular weight is 326 g/mol. The zero-order valence-corrected chi connectivity index (χ0v) is 12.6. The van der Waals surface area contributed by atoms with Gasteiger partial charge in [0.05, 0.1) is 19.4 Å². The highest BCUT2D eigenvalue weighted by molar-refractivity contribution is 5.76. The Kier molecular flexibility index (Phi) is 5.16. The predicted molar refractivity (Wildman–Crippen MR) is 79.1 cm³/mol. The molecule has 3 rings (SSSR count). The van der Waals surface area contributed by atoms with Gasteiger partial charge in [0.2, 0.25) is 5.91 Å². The van der Waals surface area contributed by atoms with E-state index in [4.69, 9.17) is 4.74 Å². The van der Waals surface area contributed by atoms with E-state index in [2.05, 4.69) is 21.5 Å². The summed E-state index contributed by atoms with van der Waals surface area (Å²) in [6.07, 6.45) is 0.545. The molecule has 4 N–H and O–H groups in total. The highest BCUT2D eigenvalue weighted by atomic mass is 19.1. The number of rotatable bonds is 4. The molecule has 2 saturated heterocycles. The second-order valence-corrected chi connectivity index (χ2v) is 5.83. The Hall–Kier alpha value is -1.61. The molecule has 126 valence electrons. The van der Waals surface area contributed by atoms with Gasteiger partial charge in [-0.15, -0.1) is 0 Å². The van der Waals surface area contributed by atoms with E-state index in [9.17, 15) is 13.6 Å². The minimum absolute atomic E-state index is 0.0197. The van der Waals surface area contributed by atoms with Crippen LogP contribution >= 0.6 is 0 Å². The lowest BCUT2D eigenvalue weighted by Gasteiger charge is -2.23. The number of amides is 1. The van der Waals surface area contributed by atoms with E-state index in [1.165, 1.54) is 12.1 Å². The summed E-state index contributed by atoms with van der Waals surface area (Å²) >= 11 is 0. The highest BCUT2D eigenvalue weighted by Gasteiger charge is 2.27. The van der Waals surface area contributed by atoms with Crippen molar-refractivity contribution >= 4 is 5.91 Å². The van der Waals surface area contributed by atoms with Crippen LogP contribution in [0.1, 0.15) is 24.4 Å². The molecule has 6 nitrogen and oxygen atoms in total. The lowest BCUT2D eigenvalue weighted by atomic mass is 10.0. The second kappa shape index (κ2) is 7.31. The van der Waals surface area contributed by atoms with Gasteiger partial charge in [-0.1, -0.05) is 0 Å². The number of hydrogen-bond acceptors (Lipinski definition) is 5. The minimum atomic E-state index is -0.613. The van der Waals surface area contributed by atoms with Gasteiger partial charge in [-0.25, -0.2) is 19.6 Å². The van der Waals surface area contributed by atoms with Crippen LogP contribution in [0.4, 0.5) is 8.78 Å². The van der Waals surface area contributed by atoms with E-state index in [1.807, 2.05) is 0 Å². The smallest absolute Gasteiger partial charge is 0.222 e. The van der Waals surface area contributed by atoms with Crippen LogP contribution in [0, 0.1) is 11.6 Å². The lowest BCUT2D eigenvalue weighted by Crippen LogP contribution is -2.48. The quantitative estimate of drug-likeness (QED) is 0.641.